The number of aryl methyl sites for hydroxylation is 1. The van der Waals surface area contributed by atoms with E-state index in [9.17, 15) is 18.0 Å². The van der Waals surface area contributed by atoms with Crippen LogP contribution in [-0.4, -0.2) is 51.4 Å². The largest absolute Gasteiger partial charge is 0.495 e. The van der Waals surface area contributed by atoms with Gasteiger partial charge in [0.25, 0.3) is 10.0 Å². The Labute approximate surface area is 258 Å². The number of ether oxygens (including phenoxy) is 1. The third-order valence-electron chi connectivity index (χ3n) is 6.67. The van der Waals surface area contributed by atoms with Gasteiger partial charge in [-0.1, -0.05) is 74.3 Å². The SMILES string of the molecule is CCC(C(=O)NCC(C)C)N(Cc1c(Cl)cccc1Cl)C(=O)CN(c1cc(C)ccc1OC)S(=O)(=O)c1ccccc1. The zero-order valence-electron chi connectivity index (χ0n) is 24.4. The van der Waals surface area contributed by atoms with Gasteiger partial charge in [0, 0.05) is 28.7 Å². The molecule has 1 atom stereocenters. The predicted molar refractivity (Wildman–Crippen MR) is 168 cm³/mol. The highest BCUT2D eigenvalue weighted by Gasteiger charge is 2.35. The number of carbonyl (C=O) groups is 2. The number of carbonyl (C=O) groups excluding carboxylic acids is 2. The highest BCUT2D eigenvalue weighted by atomic mass is 35.5. The summed E-state index contributed by atoms with van der Waals surface area (Å²) >= 11 is 12.9. The van der Waals surface area contributed by atoms with Crippen LogP contribution in [0.5, 0.6) is 5.75 Å². The van der Waals surface area contributed by atoms with Gasteiger partial charge >= 0.3 is 0 Å². The number of sulfonamides is 1. The van der Waals surface area contributed by atoms with E-state index in [0.29, 0.717) is 22.2 Å². The van der Waals surface area contributed by atoms with Crippen LogP contribution >= 0.6 is 23.2 Å². The molecule has 0 saturated carbocycles. The van der Waals surface area contributed by atoms with Crippen LogP contribution in [0, 0.1) is 12.8 Å². The van der Waals surface area contributed by atoms with Gasteiger partial charge in [0.1, 0.15) is 18.3 Å². The molecule has 0 aliphatic rings. The molecular formula is C31H37Cl2N3O5S. The quantitative estimate of drug-likeness (QED) is 0.246. The second-order valence-electron chi connectivity index (χ2n) is 10.3. The number of methoxy groups -OCH3 is 1. The van der Waals surface area contributed by atoms with Crippen molar-refractivity contribution in [1.82, 2.24) is 10.2 Å². The summed E-state index contributed by atoms with van der Waals surface area (Å²) in [6.07, 6.45) is 0.275. The molecule has 0 radical (unpaired) electrons. The summed E-state index contributed by atoms with van der Waals surface area (Å²) in [5.41, 5.74) is 1.42. The molecule has 0 aliphatic heterocycles. The first-order valence-electron chi connectivity index (χ1n) is 13.6. The average molecular weight is 635 g/mol. The van der Waals surface area contributed by atoms with Crippen LogP contribution in [0.25, 0.3) is 0 Å². The van der Waals surface area contributed by atoms with Crippen LogP contribution in [0.1, 0.15) is 38.3 Å². The highest BCUT2D eigenvalue weighted by molar-refractivity contribution is 7.92. The number of anilines is 1. The van der Waals surface area contributed by atoms with Crippen molar-refractivity contribution in [1.29, 1.82) is 0 Å². The van der Waals surface area contributed by atoms with E-state index in [4.69, 9.17) is 27.9 Å². The molecular weight excluding hydrogens is 597 g/mol. The molecule has 42 heavy (non-hydrogen) atoms. The highest BCUT2D eigenvalue weighted by Crippen LogP contribution is 2.34. The minimum atomic E-state index is -4.24. The second-order valence-corrected chi connectivity index (χ2v) is 13.0. The Hall–Kier alpha value is -3.27. The molecule has 1 unspecified atom stereocenters. The molecule has 0 spiro atoms. The Morgan fingerprint density at radius 1 is 0.976 bits per heavy atom. The molecule has 1 N–H and O–H groups in total. The standard InChI is InChI=1S/C31H37Cl2N3O5S/c1-6-27(31(38)34-18-21(2)3)35(19-24-25(32)13-10-14-26(24)33)30(37)20-36(28-17-22(4)15-16-29(28)41-5)42(39,40)23-11-8-7-9-12-23/h7-17,21,27H,6,18-20H2,1-5H3,(H,34,38). The third-order valence-corrected chi connectivity index (χ3v) is 9.16. The van der Waals surface area contributed by atoms with Crippen LogP contribution in [-0.2, 0) is 26.2 Å². The maximum atomic E-state index is 14.3. The summed E-state index contributed by atoms with van der Waals surface area (Å²) < 4.78 is 34.7. The van der Waals surface area contributed by atoms with Crippen molar-refractivity contribution in [2.75, 3.05) is 24.5 Å². The van der Waals surface area contributed by atoms with Crippen molar-refractivity contribution in [3.8, 4) is 5.75 Å². The molecule has 0 aromatic heterocycles. The first-order valence-corrected chi connectivity index (χ1v) is 15.8. The molecule has 8 nitrogen and oxygen atoms in total. The summed E-state index contributed by atoms with van der Waals surface area (Å²) in [6, 6.07) is 17.0. The van der Waals surface area contributed by atoms with E-state index in [1.165, 1.54) is 24.1 Å². The molecule has 11 heteroatoms. The molecule has 3 aromatic carbocycles. The van der Waals surface area contributed by atoms with E-state index in [1.54, 1.807) is 61.5 Å². The Kier molecular flexibility index (Phi) is 11.7. The lowest BCUT2D eigenvalue weighted by molar-refractivity contribution is -0.140. The molecule has 0 heterocycles. The summed E-state index contributed by atoms with van der Waals surface area (Å²) in [7, 11) is -2.81. The minimum absolute atomic E-state index is 0.00350. The molecule has 3 rings (SSSR count). The van der Waals surface area contributed by atoms with Crippen LogP contribution in [0.15, 0.2) is 71.6 Å². The van der Waals surface area contributed by atoms with E-state index < -0.39 is 28.5 Å². The van der Waals surface area contributed by atoms with Gasteiger partial charge in [0.15, 0.2) is 0 Å². The maximum Gasteiger partial charge on any atom is 0.264 e. The zero-order valence-corrected chi connectivity index (χ0v) is 26.8. The lowest BCUT2D eigenvalue weighted by Gasteiger charge is -2.34. The Bertz CT molecular complexity index is 1480. The fraction of sp³-hybridized carbons (Fsp3) is 0.355. The molecule has 2 amide bonds. The average Bonchev–Trinajstić information content (AvgIpc) is 2.96. The van der Waals surface area contributed by atoms with Gasteiger partial charge in [-0.25, -0.2) is 8.42 Å². The van der Waals surface area contributed by atoms with E-state index in [1.807, 2.05) is 20.8 Å². The van der Waals surface area contributed by atoms with Crippen LogP contribution in [0.4, 0.5) is 5.69 Å². The van der Waals surface area contributed by atoms with Gasteiger partial charge in [0.2, 0.25) is 11.8 Å². The summed E-state index contributed by atoms with van der Waals surface area (Å²) in [5.74, 6) is -0.502. The Morgan fingerprint density at radius 2 is 1.62 bits per heavy atom. The van der Waals surface area contributed by atoms with Gasteiger partial charge in [-0.05, 0) is 61.2 Å². The monoisotopic (exact) mass is 633 g/mol. The van der Waals surface area contributed by atoms with Gasteiger partial charge < -0.3 is 15.0 Å². The number of hydrogen-bond acceptors (Lipinski definition) is 5. The van der Waals surface area contributed by atoms with E-state index in [-0.39, 0.29) is 41.1 Å². The van der Waals surface area contributed by atoms with Crippen LogP contribution in [0.2, 0.25) is 10.0 Å². The zero-order chi connectivity index (χ0) is 31.0. The lowest BCUT2D eigenvalue weighted by atomic mass is 10.1. The van der Waals surface area contributed by atoms with Gasteiger partial charge in [0.05, 0.1) is 17.7 Å². The molecule has 0 aliphatic carbocycles. The molecule has 3 aromatic rings. The fourth-order valence-electron chi connectivity index (χ4n) is 4.42. The fourth-order valence-corrected chi connectivity index (χ4v) is 6.38. The van der Waals surface area contributed by atoms with E-state index in [2.05, 4.69) is 5.32 Å². The minimum Gasteiger partial charge on any atom is -0.495 e. The van der Waals surface area contributed by atoms with Crippen molar-refractivity contribution in [2.24, 2.45) is 5.92 Å². The van der Waals surface area contributed by atoms with Crippen molar-refractivity contribution in [3.63, 3.8) is 0 Å². The smallest absolute Gasteiger partial charge is 0.264 e. The summed E-state index contributed by atoms with van der Waals surface area (Å²) in [4.78, 5) is 29.0. The number of halogens is 2. The van der Waals surface area contributed by atoms with Crippen molar-refractivity contribution in [2.45, 2.75) is 51.6 Å². The first-order chi connectivity index (χ1) is 19.9. The lowest BCUT2D eigenvalue weighted by Crippen LogP contribution is -2.52. The van der Waals surface area contributed by atoms with Crippen molar-refractivity contribution < 1.29 is 22.7 Å². The second kappa shape index (κ2) is 14.8. The number of nitrogens with zero attached hydrogens (tertiary/aromatic N) is 2. The van der Waals surface area contributed by atoms with Crippen molar-refractivity contribution >= 4 is 50.7 Å². The van der Waals surface area contributed by atoms with Gasteiger partial charge in [-0.3, -0.25) is 13.9 Å². The summed E-state index contributed by atoms with van der Waals surface area (Å²) in [6.45, 7) is 7.25. The summed E-state index contributed by atoms with van der Waals surface area (Å²) in [5, 5.41) is 3.55. The Balaban J connectivity index is 2.14. The van der Waals surface area contributed by atoms with E-state index >= 15 is 0 Å². The van der Waals surface area contributed by atoms with Crippen LogP contribution in [0.3, 0.4) is 0 Å². The van der Waals surface area contributed by atoms with Gasteiger partial charge in [-0.2, -0.15) is 0 Å². The molecule has 0 bridgehead atoms. The molecule has 226 valence electrons. The van der Waals surface area contributed by atoms with Crippen LogP contribution < -0.4 is 14.4 Å². The van der Waals surface area contributed by atoms with E-state index in [0.717, 1.165) is 9.87 Å². The number of rotatable bonds is 13. The number of hydrogen-bond donors (Lipinski definition) is 1. The number of amides is 2. The number of benzene rings is 3. The number of nitrogens with one attached hydrogen (secondary N) is 1. The topological polar surface area (TPSA) is 96.0 Å². The first kappa shape index (κ1) is 33.2. The van der Waals surface area contributed by atoms with Crippen molar-refractivity contribution in [3.05, 3.63) is 87.9 Å². The molecule has 0 saturated heterocycles. The van der Waals surface area contributed by atoms with Gasteiger partial charge in [-0.15, -0.1) is 0 Å². The predicted octanol–water partition coefficient (Wildman–Crippen LogP) is 6.09. The Morgan fingerprint density at radius 3 is 2.19 bits per heavy atom. The maximum absolute atomic E-state index is 14.3. The normalized spacial score (nSPS) is 12.1. The molecule has 0 fully saturated rings. The third kappa shape index (κ3) is 7.96.